The number of alkyl carbamates (subject to hydrolysis) is 1. The van der Waals surface area contributed by atoms with Crippen molar-refractivity contribution in [1.82, 2.24) is 5.32 Å². The average Bonchev–Trinajstić information content (AvgIpc) is 2.47. The van der Waals surface area contributed by atoms with Crippen LogP contribution in [0.3, 0.4) is 0 Å². The van der Waals surface area contributed by atoms with E-state index in [1.165, 1.54) is 12.1 Å². The number of aliphatic carboxylic acids is 1. The van der Waals surface area contributed by atoms with Crippen molar-refractivity contribution >= 4 is 52.6 Å². The van der Waals surface area contributed by atoms with Crippen LogP contribution >= 0.6 is 34.8 Å². The van der Waals surface area contributed by atoms with E-state index in [4.69, 9.17) is 44.9 Å². The molecule has 1 aliphatic rings. The number of carbonyl (C=O) groups excluding carboxylic acids is 1. The highest BCUT2D eigenvalue weighted by Gasteiger charge is 2.46. The van der Waals surface area contributed by atoms with Crippen molar-refractivity contribution < 1.29 is 24.5 Å². The summed E-state index contributed by atoms with van der Waals surface area (Å²) in [6.45, 7) is 5.04. The highest BCUT2D eigenvalue weighted by atomic mass is 35.5. The molecule has 1 fully saturated rings. The lowest BCUT2D eigenvalue weighted by Crippen LogP contribution is -2.56. The van der Waals surface area contributed by atoms with Crippen molar-refractivity contribution in [3.8, 4) is 0 Å². The lowest BCUT2D eigenvalue weighted by Gasteiger charge is -2.42. The van der Waals surface area contributed by atoms with E-state index in [0.717, 1.165) is 0 Å². The smallest absolute Gasteiger partial charge is 0.408 e. The zero-order valence-electron chi connectivity index (χ0n) is 16.0. The number of aliphatic hydroxyl groups is 1. The van der Waals surface area contributed by atoms with Crippen molar-refractivity contribution in [2.75, 3.05) is 0 Å². The zero-order chi connectivity index (χ0) is 22.1. The minimum Gasteiger partial charge on any atom is -0.509 e. The molecule has 1 aliphatic carbocycles. The fraction of sp³-hybridized carbons (Fsp3) is 0.421. The molecule has 0 radical (unpaired) electrons. The summed E-state index contributed by atoms with van der Waals surface area (Å²) in [5, 5.41) is 31.6. The van der Waals surface area contributed by atoms with E-state index in [9.17, 15) is 19.8 Å². The van der Waals surface area contributed by atoms with Crippen LogP contribution in [-0.4, -0.2) is 39.1 Å². The van der Waals surface area contributed by atoms with Gasteiger partial charge >= 0.3 is 12.1 Å². The molecule has 0 atom stereocenters. The molecule has 0 saturated heterocycles. The summed E-state index contributed by atoms with van der Waals surface area (Å²) in [5.74, 6) is -2.22. The van der Waals surface area contributed by atoms with Gasteiger partial charge in [0.1, 0.15) is 22.5 Å². The number of rotatable bonds is 5. The van der Waals surface area contributed by atoms with E-state index < -0.39 is 40.2 Å². The third kappa shape index (κ3) is 5.15. The molecule has 1 amide bonds. The average molecular weight is 464 g/mol. The molecule has 0 bridgehead atoms. The first kappa shape index (κ1) is 23.3. The van der Waals surface area contributed by atoms with Crippen LogP contribution in [0.4, 0.5) is 4.79 Å². The SMILES string of the molecule is CC(C)(C)OC(=O)NC1(/C(O)=C(/C(=N)c2c(Cl)cc(Cl)cc2Cl)C(=O)O)CCC1. The summed E-state index contributed by atoms with van der Waals surface area (Å²) in [4.78, 5) is 24.2. The maximum absolute atomic E-state index is 12.2. The molecular weight excluding hydrogens is 443 g/mol. The maximum atomic E-state index is 12.2. The third-order valence-electron chi connectivity index (χ3n) is 4.36. The third-order valence-corrected chi connectivity index (χ3v) is 5.17. The van der Waals surface area contributed by atoms with Gasteiger partial charge in [0.05, 0.1) is 15.8 Å². The molecule has 1 aromatic carbocycles. The van der Waals surface area contributed by atoms with Gasteiger partial charge in [-0.15, -0.1) is 0 Å². The van der Waals surface area contributed by atoms with Gasteiger partial charge in [0, 0.05) is 10.6 Å². The molecule has 1 saturated carbocycles. The second kappa shape index (κ2) is 8.42. The molecule has 0 heterocycles. The first-order chi connectivity index (χ1) is 13.3. The van der Waals surface area contributed by atoms with Gasteiger partial charge in [0.25, 0.3) is 0 Å². The normalized spacial score (nSPS) is 16.3. The Bertz CT molecular complexity index is 879. The minimum absolute atomic E-state index is 0.0400. The maximum Gasteiger partial charge on any atom is 0.408 e. The first-order valence-electron chi connectivity index (χ1n) is 8.69. The monoisotopic (exact) mass is 462 g/mol. The molecule has 0 aromatic heterocycles. The number of hydrogen-bond donors (Lipinski definition) is 4. The van der Waals surface area contributed by atoms with Crippen molar-refractivity contribution in [3.63, 3.8) is 0 Å². The molecule has 0 unspecified atom stereocenters. The number of nitrogens with one attached hydrogen (secondary N) is 2. The van der Waals surface area contributed by atoms with Crippen LogP contribution in [0.25, 0.3) is 0 Å². The van der Waals surface area contributed by atoms with Gasteiger partial charge in [0.15, 0.2) is 0 Å². The van der Waals surface area contributed by atoms with E-state index in [-0.39, 0.29) is 33.5 Å². The van der Waals surface area contributed by atoms with Gasteiger partial charge in [-0.1, -0.05) is 34.8 Å². The molecule has 29 heavy (non-hydrogen) atoms. The van der Waals surface area contributed by atoms with E-state index in [1.54, 1.807) is 20.8 Å². The van der Waals surface area contributed by atoms with Gasteiger partial charge in [-0.05, 0) is 52.2 Å². The van der Waals surface area contributed by atoms with E-state index in [2.05, 4.69) is 5.32 Å². The summed E-state index contributed by atoms with van der Waals surface area (Å²) < 4.78 is 5.21. The molecule has 2 rings (SSSR count). The van der Waals surface area contributed by atoms with Crippen LogP contribution in [0.1, 0.15) is 45.6 Å². The van der Waals surface area contributed by atoms with Crippen LogP contribution in [0.2, 0.25) is 15.1 Å². The highest BCUT2D eigenvalue weighted by molar-refractivity contribution is 6.44. The first-order valence-corrected chi connectivity index (χ1v) is 9.83. The van der Waals surface area contributed by atoms with E-state index in [1.807, 2.05) is 0 Å². The van der Waals surface area contributed by atoms with Gasteiger partial charge in [-0.2, -0.15) is 0 Å². The van der Waals surface area contributed by atoms with Gasteiger partial charge in [-0.3, -0.25) is 5.41 Å². The van der Waals surface area contributed by atoms with Gasteiger partial charge in [-0.25, -0.2) is 9.59 Å². The number of carboxylic acids is 1. The molecule has 158 valence electrons. The molecule has 0 spiro atoms. The number of hydrogen-bond acceptors (Lipinski definition) is 5. The van der Waals surface area contributed by atoms with Gasteiger partial charge in [0.2, 0.25) is 0 Å². The van der Waals surface area contributed by atoms with Crippen molar-refractivity contribution in [1.29, 1.82) is 5.41 Å². The Morgan fingerprint density at radius 1 is 1.14 bits per heavy atom. The Morgan fingerprint density at radius 3 is 2.03 bits per heavy atom. The van der Waals surface area contributed by atoms with Crippen LogP contribution < -0.4 is 5.32 Å². The van der Waals surface area contributed by atoms with Crippen molar-refractivity contribution in [2.45, 2.75) is 51.2 Å². The Hall–Kier alpha value is -1.96. The second-order valence-electron chi connectivity index (χ2n) is 7.71. The minimum atomic E-state index is -1.56. The molecule has 4 N–H and O–H groups in total. The quantitative estimate of drug-likeness (QED) is 0.266. The summed E-state index contributed by atoms with van der Waals surface area (Å²) in [7, 11) is 0. The predicted octanol–water partition coefficient (Wildman–Crippen LogP) is 5.36. The molecule has 7 nitrogen and oxygen atoms in total. The van der Waals surface area contributed by atoms with Gasteiger partial charge < -0.3 is 20.3 Å². The van der Waals surface area contributed by atoms with Crippen LogP contribution in [0.5, 0.6) is 0 Å². The largest absolute Gasteiger partial charge is 0.509 e. The second-order valence-corrected chi connectivity index (χ2v) is 8.96. The summed E-state index contributed by atoms with van der Waals surface area (Å²) in [5.41, 5.74) is -3.53. The Morgan fingerprint density at radius 2 is 1.66 bits per heavy atom. The number of benzene rings is 1. The number of amides is 1. The molecule has 10 heteroatoms. The predicted molar refractivity (Wildman–Crippen MR) is 112 cm³/mol. The molecule has 1 aromatic rings. The molecular formula is C19H21Cl3N2O5. The van der Waals surface area contributed by atoms with Crippen LogP contribution in [-0.2, 0) is 9.53 Å². The fourth-order valence-corrected chi connectivity index (χ4v) is 3.93. The van der Waals surface area contributed by atoms with Crippen molar-refractivity contribution in [2.24, 2.45) is 0 Å². The summed E-state index contributed by atoms with van der Waals surface area (Å²) >= 11 is 18.1. The zero-order valence-corrected chi connectivity index (χ0v) is 18.3. The standard InChI is InChI=1S/C19H21Cl3N2O5/c1-18(2,3)29-17(28)24-19(5-4-6-19)15(25)13(16(26)27)14(23)12-10(21)7-9(20)8-11(12)22/h7-8,23,25H,4-6H2,1-3H3,(H,24,28)(H,26,27)/b15-13+,23-14?. The summed E-state index contributed by atoms with van der Waals surface area (Å²) in [6, 6.07) is 2.63. The lowest BCUT2D eigenvalue weighted by atomic mass is 9.73. The van der Waals surface area contributed by atoms with E-state index >= 15 is 0 Å². The molecule has 0 aliphatic heterocycles. The fourth-order valence-electron chi connectivity index (χ4n) is 2.92. The number of carbonyl (C=O) groups is 2. The van der Waals surface area contributed by atoms with Crippen LogP contribution in [0, 0.1) is 5.41 Å². The Kier molecular flexibility index (Phi) is 6.77. The Balaban J connectivity index is 2.50. The number of aliphatic hydroxyl groups excluding tert-OH is 1. The van der Waals surface area contributed by atoms with Crippen LogP contribution in [0.15, 0.2) is 23.5 Å². The van der Waals surface area contributed by atoms with Crippen molar-refractivity contribution in [3.05, 3.63) is 44.1 Å². The number of carboxylic acid groups (broad SMARTS) is 1. The Labute approximate surface area is 183 Å². The number of halogens is 3. The highest BCUT2D eigenvalue weighted by Crippen LogP contribution is 2.40. The summed E-state index contributed by atoms with van der Waals surface area (Å²) in [6.07, 6.45) is 0.402. The number of ether oxygens (including phenoxy) is 1. The lowest BCUT2D eigenvalue weighted by molar-refractivity contribution is -0.132. The topological polar surface area (TPSA) is 120 Å². The van der Waals surface area contributed by atoms with E-state index in [0.29, 0.717) is 6.42 Å².